The number of fused-ring (bicyclic) bond motifs is 1. The van der Waals surface area contributed by atoms with Crippen molar-refractivity contribution in [1.29, 1.82) is 0 Å². The number of aromatic nitrogens is 4. The molecule has 110 valence electrons. The summed E-state index contributed by atoms with van der Waals surface area (Å²) in [7, 11) is 0. The average molecular weight is 287 g/mol. The van der Waals surface area contributed by atoms with Gasteiger partial charge in [-0.15, -0.1) is 6.42 Å². The lowest BCUT2D eigenvalue weighted by Crippen LogP contribution is -2.34. The smallest absolute Gasteiger partial charge is 0.167 e. The average Bonchev–Trinajstić information content (AvgIpc) is 3.02. The van der Waals surface area contributed by atoms with Gasteiger partial charge in [-0.25, -0.2) is 15.0 Å². The maximum absolute atomic E-state index is 10.5. The van der Waals surface area contributed by atoms with E-state index >= 15 is 0 Å². The zero-order valence-corrected chi connectivity index (χ0v) is 11.9. The molecule has 2 aromatic rings. The fraction of sp³-hybridized carbons (Fsp3) is 0.500. The first-order valence-corrected chi connectivity index (χ1v) is 6.80. The number of anilines is 1. The molecule has 7 heteroatoms. The largest absolute Gasteiger partial charge is 0.388 e. The van der Waals surface area contributed by atoms with Crippen molar-refractivity contribution in [3.05, 3.63) is 12.7 Å². The normalized spacial score (nSPS) is 32.4. The quantitative estimate of drug-likeness (QED) is 0.789. The van der Waals surface area contributed by atoms with Crippen LogP contribution in [0.2, 0.25) is 0 Å². The highest BCUT2D eigenvalue weighted by atomic mass is 16.5. The predicted molar refractivity (Wildman–Crippen MR) is 76.9 cm³/mol. The molecule has 4 unspecified atom stereocenters. The topological polar surface area (TPSA) is 99.1 Å². The van der Waals surface area contributed by atoms with E-state index in [1.165, 1.54) is 6.33 Å². The molecule has 1 fully saturated rings. The Bertz CT molecular complexity index is 722. The van der Waals surface area contributed by atoms with Crippen molar-refractivity contribution in [1.82, 2.24) is 19.5 Å². The van der Waals surface area contributed by atoms with Crippen molar-refractivity contribution in [2.75, 3.05) is 5.73 Å². The summed E-state index contributed by atoms with van der Waals surface area (Å²) in [6, 6.07) is 0. The number of ether oxygens (including phenoxy) is 1. The molecule has 21 heavy (non-hydrogen) atoms. The first kappa shape index (κ1) is 13.8. The Balaban J connectivity index is 2.08. The third kappa shape index (κ3) is 1.80. The molecule has 0 bridgehead atoms. The molecule has 1 aliphatic rings. The molecule has 3 rings (SSSR count). The van der Waals surface area contributed by atoms with Crippen LogP contribution in [-0.4, -0.2) is 36.3 Å². The lowest BCUT2D eigenvalue weighted by molar-refractivity contribution is -0.0636. The van der Waals surface area contributed by atoms with E-state index < -0.39 is 17.9 Å². The van der Waals surface area contributed by atoms with Crippen LogP contribution in [0.1, 0.15) is 26.5 Å². The van der Waals surface area contributed by atoms with E-state index in [1.807, 2.05) is 13.8 Å². The van der Waals surface area contributed by atoms with E-state index in [4.69, 9.17) is 16.9 Å². The minimum atomic E-state index is -0.792. The number of imidazole rings is 1. The van der Waals surface area contributed by atoms with E-state index in [2.05, 4.69) is 20.9 Å². The van der Waals surface area contributed by atoms with Gasteiger partial charge in [0, 0.05) is 5.92 Å². The number of hydrogen-bond acceptors (Lipinski definition) is 6. The number of terminal acetylenes is 1. The third-order valence-corrected chi connectivity index (χ3v) is 4.30. The fourth-order valence-corrected chi connectivity index (χ4v) is 2.87. The van der Waals surface area contributed by atoms with Crippen LogP contribution in [0, 0.1) is 18.3 Å². The Hall–Kier alpha value is -2.17. The summed E-state index contributed by atoms with van der Waals surface area (Å²) in [5.74, 6) is 2.78. The molecule has 1 aliphatic heterocycles. The Morgan fingerprint density at radius 3 is 2.90 bits per heavy atom. The number of nitrogens with two attached hydrogens (primary N) is 1. The predicted octanol–water partition coefficient (Wildman–Crippen LogP) is 0.716. The third-order valence-electron chi connectivity index (χ3n) is 4.30. The summed E-state index contributed by atoms with van der Waals surface area (Å²) in [4.78, 5) is 12.3. The number of nitrogen functional groups attached to an aromatic ring is 1. The van der Waals surface area contributed by atoms with Crippen molar-refractivity contribution in [2.45, 2.75) is 38.2 Å². The van der Waals surface area contributed by atoms with Gasteiger partial charge in [0.2, 0.25) is 0 Å². The van der Waals surface area contributed by atoms with Gasteiger partial charge in [-0.3, -0.25) is 4.57 Å². The van der Waals surface area contributed by atoms with Crippen LogP contribution in [0.3, 0.4) is 0 Å². The highest BCUT2D eigenvalue weighted by molar-refractivity contribution is 5.81. The van der Waals surface area contributed by atoms with E-state index in [9.17, 15) is 5.11 Å². The molecule has 0 aromatic carbocycles. The van der Waals surface area contributed by atoms with E-state index in [0.29, 0.717) is 17.6 Å². The molecule has 3 N–H and O–H groups in total. The van der Waals surface area contributed by atoms with Crippen LogP contribution >= 0.6 is 0 Å². The summed E-state index contributed by atoms with van der Waals surface area (Å²) in [6.45, 7) is 3.83. The van der Waals surface area contributed by atoms with Crippen LogP contribution in [0.15, 0.2) is 12.7 Å². The first-order chi connectivity index (χ1) is 10.0. The molecular formula is C14H17N5O2. The van der Waals surface area contributed by atoms with Crippen molar-refractivity contribution in [3.63, 3.8) is 0 Å². The van der Waals surface area contributed by atoms with E-state index in [1.54, 1.807) is 10.9 Å². The van der Waals surface area contributed by atoms with Crippen molar-refractivity contribution < 1.29 is 9.84 Å². The monoisotopic (exact) mass is 287 g/mol. The highest BCUT2D eigenvalue weighted by Gasteiger charge is 2.51. The summed E-state index contributed by atoms with van der Waals surface area (Å²) in [5, 5.41) is 10.5. The van der Waals surface area contributed by atoms with E-state index in [-0.39, 0.29) is 11.7 Å². The zero-order chi connectivity index (χ0) is 15.2. The number of rotatable bonds is 2. The maximum Gasteiger partial charge on any atom is 0.167 e. The minimum absolute atomic E-state index is 0.200. The van der Waals surface area contributed by atoms with Crippen molar-refractivity contribution >= 4 is 17.0 Å². The molecule has 4 atom stereocenters. The number of nitrogens with zero attached hydrogens (tertiary/aromatic N) is 4. The van der Waals surface area contributed by atoms with Crippen LogP contribution < -0.4 is 5.73 Å². The molecule has 3 heterocycles. The van der Waals surface area contributed by atoms with Gasteiger partial charge in [0.15, 0.2) is 17.7 Å². The Morgan fingerprint density at radius 1 is 1.52 bits per heavy atom. The van der Waals surface area contributed by atoms with Gasteiger partial charge in [-0.2, -0.15) is 0 Å². The van der Waals surface area contributed by atoms with Crippen LogP contribution in [0.4, 0.5) is 5.82 Å². The highest BCUT2D eigenvalue weighted by Crippen LogP contribution is 2.43. The molecular weight excluding hydrogens is 270 g/mol. The van der Waals surface area contributed by atoms with Crippen LogP contribution in [-0.2, 0) is 4.74 Å². The lowest BCUT2D eigenvalue weighted by atomic mass is 9.85. The van der Waals surface area contributed by atoms with Gasteiger partial charge in [0.05, 0.1) is 6.33 Å². The molecule has 0 radical (unpaired) electrons. The second-order valence-corrected chi connectivity index (χ2v) is 5.26. The Labute approximate surface area is 122 Å². The maximum atomic E-state index is 10.5. The SMILES string of the molecule is C#CC1(CC)OC(n2cnc3c(N)ncnc32)C(O)C1C. The summed E-state index contributed by atoms with van der Waals surface area (Å²) < 4.78 is 7.66. The van der Waals surface area contributed by atoms with Gasteiger partial charge >= 0.3 is 0 Å². The molecule has 0 saturated carbocycles. The summed E-state index contributed by atoms with van der Waals surface area (Å²) in [5.41, 5.74) is 5.98. The zero-order valence-electron chi connectivity index (χ0n) is 11.9. The van der Waals surface area contributed by atoms with Crippen LogP contribution in [0.25, 0.3) is 11.2 Å². The van der Waals surface area contributed by atoms with Gasteiger partial charge < -0.3 is 15.6 Å². The molecule has 0 amide bonds. The van der Waals surface area contributed by atoms with Gasteiger partial charge in [-0.1, -0.05) is 19.8 Å². The Morgan fingerprint density at radius 2 is 2.29 bits per heavy atom. The Kier molecular flexibility index (Phi) is 3.08. The summed E-state index contributed by atoms with van der Waals surface area (Å²) >= 11 is 0. The molecule has 1 saturated heterocycles. The molecule has 7 nitrogen and oxygen atoms in total. The summed E-state index contributed by atoms with van der Waals surface area (Å²) in [6.07, 6.45) is 7.74. The number of hydrogen-bond donors (Lipinski definition) is 2. The number of aliphatic hydroxyl groups excluding tert-OH is 1. The molecule has 2 aromatic heterocycles. The number of aliphatic hydroxyl groups is 1. The van der Waals surface area contributed by atoms with Crippen LogP contribution in [0.5, 0.6) is 0 Å². The van der Waals surface area contributed by atoms with E-state index in [0.717, 1.165) is 0 Å². The second-order valence-electron chi connectivity index (χ2n) is 5.26. The van der Waals surface area contributed by atoms with Gasteiger partial charge in [0.1, 0.15) is 23.5 Å². The van der Waals surface area contributed by atoms with Gasteiger partial charge in [-0.05, 0) is 6.42 Å². The van der Waals surface area contributed by atoms with Crippen molar-refractivity contribution in [2.24, 2.45) is 5.92 Å². The second kappa shape index (κ2) is 4.69. The lowest BCUT2D eigenvalue weighted by Gasteiger charge is -2.25. The molecule has 0 spiro atoms. The molecule has 0 aliphatic carbocycles. The standard InChI is InChI=1S/C14H17N5O2/c1-4-14(5-2)8(3)10(20)13(21-14)19-7-18-9-11(15)16-6-17-12(9)19/h1,6-8,10,13,20H,5H2,2-3H3,(H2,15,16,17). The van der Waals surface area contributed by atoms with Gasteiger partial charge in [0.25, 0.3) is 0 Å². The van der Waals surface area contributed by atoms with Crippen molar-refractivity contribution in [3.8, 4) is 12.3 Å². The fourth-order valence-electron chi connectivity index (χ4n) is 2.87. The minimum Gasteiger partial charge on any atom is -0.388 e. The first-order valence-electron chi connectivity index (χ1n) is 6.80.